The van der Waals surface area contributed by atoms with Gasteiger partial charge in [0.25, 0.3) is 0 Å². The van der Waals surface area contributed by atoms with Crippen LogP contribution in [0.2, 0.25) is 0 Å². The summed E-state index contributed by atoms with van der Waals surface area (Å²) in [5, 5.41) is 8.96. The summed E-state index contributed by atoms with van der Waals surface area (Å²) in [5.74, 6) is 1.39. The topological polar surface area (TPSA) is 75.5 Å². The number of methoxy groups -OCH3 is 1. The van der Waals surface area contributed by atoms with E-state index in [1.54, 1.807) is 17.9 Å². The lowest BCUT2D eigenvalue weighted by Gasteiger charge is -2.22. The van der Waals surface area contributed by atoms with Gasteiger partial charge in [0, 0.05) is 12.6 Å². The lowest BCUT2D eigenvalue weighted by atomic mass is 10.3. The smallest absolute Gasteiger partial charge is 0.323 e. The van der Waals surface area contributed by atoms with Gasteiger partial charge >= 0.3 is 5.97 Å². The SMILES string of the molecule is COc1cc(N(CC(=O)O)CC2CC2)nc(C)n1. The Labute approximate surface area is 106 Å². The number of aryl methyl sites for hydroxylation is 1. The first-order valence-corrected chi connectivity index (χ1v) is 5.95. The monoisotopic (exact) mass is 251 g/mol. The molecule has 0 radical (unpaired) electrons. The summed E-state index contributed by atoms with van der Waals surface area (Å²) in [7, 11) is 1.54. The van der Waals surface area contributed by atoms with Crippen LogP contribution in [0.1, 0.15) is 18.7 Å². The van der Waals surface area contributed by atoms with Gasteiger partial charge in [0.05, 0.1) is 7.11 Å². The van der Waals surface area contributed by atoms with Crippen LogP contribution in [-0.4, -0.2) is 41.2 Å². The number of ether oxygens (including phenoxy) is 1. The molecule has 0 bridgehead atoms. The summed E-state index contributed by atoms with van der Waals surface area (Å²) in [6.45, 7) is 2.45. The molecule has 1 aromatic rings. The molecule has 1 heterocycles. The largest absolute Gasteiger partial charge is 0.481 e. The third-order valence-electron chi connectivity index (χ3n) is 2.84. The van der Waals surface area contributed by atoms with Gasteiger partial charge in [-0.15, -0.1) is 0 Å². The van der Waals surface area contributed by atoms with Crippen molar-refractivity contribution in [3.8, 4) is 5.88 Å². The number of hydrogen-bond acceptors (Lipinski definition) is 5. The number of carboxylic acids is 1. The number of carbonyl (C=O) groups is 1. The molecule has 0 unspecified atom stereocenters. The van der Waals surface area contributed by atoms with Crippen molar-refractivity contribution in [1.29, 1.82) is 0 Å². The van der Waals surface area contributed by atoms with Crippen molar-refractivity contribution in [2.75, 3.05) is 25.1 Å². The predicted molar refractivity (Wildman–Crippen MR) is 65.9 cm³/mol. The second-order valence-electron chi connectivity index (χ2n) is 4.53. The Balaban J connectivity index is 2.21. The number of nitrogens with zero attached hydrogens (tertiary/aromatic N) is 3. The van der Waals surface area contributed by atoms with Crippen molar-refractivity contribution < 1.29 is 14.6 Å². The number of hydrogen-bond donors (Lipinski definition) is 1. The molecule has 6 heteroatoms. The number of aromatic nitrogens is 2. The molecule has 0 atom stereocenters. The molecule has 2 rings (SSSR count). The van der Waals surface area contributed by atoms with Gasteiger partial charge < -0.3 is 14.7 Å². The molecule has 1 saturated carbocycles. The summed E-state index contributed by atoms with van der Waals surface area (Å²) in [5.41, 5.74) is 0. The van der Waals surface area contributed by atoms with Gasteiger partial charge in [-0.25, -0.2) is 4.98 Å². The van der Waals surface area contributed by atoms with E-state index < -0.39 is 5.97 Å². The van der Waals surface area contributed by atoms with Crippen molar-refractivity contribution in [3.63, 3.8) is 0 Å². The highest BCUT2D eigenvalue weighted by Crippen LogP contribution is 2.31. The van der Waals surface area contributed by atoms with E-state index in [0.29, 0.717) is 23.4 Å². The van der Waals surface area contributed by atoms with Gasteiger partial charge in [-0.05, 0) is 25.7 Å². The maximum Gasteiger partial charge on any atom is 0.323 e. The molecule has 98 valence electrons. The van der Waals surface area contributed by atoms with E-state index in [0.717, 1.165) is 19.4 Å². The van der Waals surface area contributed by atoms with Crippen LogP contribution in [0.25, 0.3) is 0 Å². The summed E-state index contributed by atoms with van der Waals surface area (Å²) < 4.78 is 5.09. The first-order chi connectivity index (χ1) is 8.58. The minimum absolute atomic E-state index is 0.0455. The average Bonchev–Trinajstić information content (AvgIpc) is 3.10. The van der Waals surface area contributed by atoms with E-state index in [2.05, 4.69) is 9.97 Å². The fraction of sp³-hybridized carbons (Fsp3) is 0.583. The van der Waals surface area contributed by atoms with E-state index in [4.69, 9.17) is 9.84 Å². The number of anilines is 1. The van der Waals surface area contributed by atoms with Crippen LogP contribution in [-0.2, 0) is 4.79 Å². The van der Waals surface area contributed by atoms with Crippen molar-refractivity contribution in [2.24, 2.45) is 5.92 Å². The Kier molecular flexibility index (Phi) is 3.64. The van der Waals surface area contributed by atoms with E-state index >= 15 is 0 Å². The predicted octanol–water partition coefficient (Wildman–Crippen LogP) is 1.09. The van der Waals surface area contributed by atoms with Crippen LogP contribution in [0.3, 0.4) is 0 Å². The lowest BCUT2D eigenvalue weighted by Crippen LogP contribution is -2.32. The van der Waals surface area contributed by atoms with E-state index in [1.165, 1.54) is 7.11 Å². The molecular formula is C12H17N3O3. The normalized spacial score (nSPS) is 14.3. The second kappa shape index (κ2) is 5.20. The summed E-state index contributed by atoms with van der Waals surface area (Å²) in [6, 6.07) is 1.68. The third kappa shape index (κ3) is 3.32. The van der Waals surface area contributed by atoms with Crippen molar-refractivity contribution in [3.05, 3.63) is 11.9 Å². The first kappa shape index (κ1) is 12.6. The molecule has 0 amide bonds. The minimum Gasteiger partial charge on any atom is -0.481 e. The molecule has 18 heavy (non-hydrogen) atoms. The Morgan fingerprint density at radius 3 is 2.83 bits per heavy atom. The van der Waals surface area contributed by atoms with Gasteiger partial charge in [0.2, 0.25) is 5.88 Å². The molecule has 0 spiro atoms. The third-order valence-corrected chi connectivity index (χ3v) is 2.84. The van der Waals surface area contributed by atoms with E-state index in [9.17, 15) is 4.79 Å². The fourth-order valence-corrected chi connectivity index (χ4v) is 1.81. The highest BCUT2D eigenvalue weighted by molar-refractivity contribution is 5.73. The molecule has 1 aliphatic carbocycles. The van der Waals surface area contributed by atoms with Crippen LogP contribution in [0, 0.1) is 12.8 Å². The van der Waals surface area contributed by atoms with Gasteiger partial charge in [-0.3, -0.25) is 4.79 Å². The maximum atomic E-state index is 10.9. The Bertz CT molecular complexity index is 446. The molecule has 1 aromatic heterocycles. The molecule has 0 aromatic carbocycles. The second-order valence-corrected chi connectivity index (χ2v) is 4.53. The molecule has 1 fully saturated rings. The van der Waals surface area contributed by atoms with Crippen molar-refractivity contribution in [1.82, 2.24) is 9.97 Å². The number of aliphatic carboxylic acids is 1. The summed E-state index contributed by atoms with van der Waals surface area (Å²) >= 11 is 0. The van der Waals surface area contributed by atoms with Crippen LogP contribution in [0.5, 0.6) is 5.88 Å². The van der Waals surface area contributed by atoms with E-state index in [1.807, 2.05) is 0 Å². The van der Waals surface area contributed by atoms with Gasteiger partial charge in [-0.1, -0.05) is 0 Å². The Morgan fingerprint density at radius 1 is 1.56 bits per heavy atom. The maximum absolute atomic E-state index is 10.9. The van der Waals surface area contributed by atoms with Gasteiger partial charge in [0.15, 0.2) is 0 Å². The zero-order valence-corrected chi connectivity index (χ0v) is 10.6. The van der Waals surface area contributed by atoms with Crippen molar-refractivity contribution in [2.45, 2.75) is 19.8 Å². The van der Waals surface area contributed by atoms with Gasteiger partial charge in [0.1, 0.15) is 18.2 Å². The summed E-state index contributed by atoms with van der Waals surface area (Å²) in [4.78, 5) is 21.1. The fourth-order valence-electron chi connectivity index (χ4n) is 1.81. The Morgan fingerprint density at radius 2 is 2.28 bits per heavy atom. The molecule has 1 N–H and O–H groups in total. The quantitative estimate of drug-likeness (QED) is 0.815. The number of carboxylic acid groups (broad SMARTS) is 1. The highest BCUT2D eigenvalue weighted by atomic mass is 16.5. The average molecular weight is 251 g/mol. The number of rotatable bonds is 6. The van der Waals surface area contributed by atoms with Crippen molar-refractivity contribution >= 4 is 11.8 Å². The standard InChI is InChI=1S/C12H17N3O3/c1-8-13-10(5-11(14-8)18-2)15(7-12(16)17)6-9-3-4-9/h5,9H,3-4,6-7H2,1-2H3,(H,16,17). The highest BCUT2D eigenvalue weighted by Gasteiger charge is 2.26. The molecule has 0 saturated heterocycles. The molecule has 0 aliphatic heterocycles. The summed E-state index contributed by atoms with van der Waals surface area (Å²) in [6.07, 6.45) is 2.33. The van der Waals surface area contributed by atoms with Crippen LogP contribution >= 0.6 is 0 Å². The minimum atomic E-state index is -0.856. The molecular weight excluding hydrogens is 234 g/mol. The van der Waals surface area contributed by atoms with Crippen LogP contribution in [0.4, 0.5) is 5.82 Å². The lowest BCUT2D eigenvalue weighted by molar-refractivity contribution is -0.135. The Hall–Kier alpha value is -1.85. The first-order valence-electron chi connectivity index (χ1n) is 5.95. The molecule has 1 aliphatic rings. The molecule has 6 nitrogen and oxygen atoms in total. The zero-order valence-electron chi connectivity index (χ0n) is 10.6. The zero-order chi connectivity index (χ0) is 13.1. The van der Waals surface area contributed by atoms with Crippen LogP contribution in [0.15, 0.2) is 6.07 Å². The van der Waals surface area contributed by atoms with E-state index in [-0.39, 0.29) is 6.54 Å². The van der Waals surface area contributed by atoms with Gasteiger partial charge in [-0.2, -0.15) is 4.98 Å². The van der Waals surface area contributed by atoms with Crippen LogP contribution < -0.4 is 9.64 Å².